The van der Waals surface area contributed by atoms with Crippen LogP contribution in [0.15, 0.2) is 48.8 Å². The van der Waals surface area contributed by atoms with E-state index in [0.29, 0.717) is 5.56 Å². The number of ether oxygens (including phenoxy) is 1. The van der Waals surface area contributed by atoms with E-state index in [4.69, 9.17) is 5.73 Å². The Bertz CT molecular complexity index is 552. The van der Waals surface area contributed by atoms with E-state index in [-0.39, 0.29) is 12.0 Å². The van der Waals surface area contributed by atoms with Crippen molar-refractivity contribution in [1.82, 2.24) is 4.98 Å². The predicted octanol–water partition coefficient (Wildman–Crippen LogP) is 2.50. The molecule has 1 atom stereocenters. The average Bonchev–Trinajstić information content (AvgIpc) is 2.53. The number of aryl methyl sites for hydroxylation is 1. The zero-order chi connectivity index (χ0) is 14.4. The van der Waals surface area contributed by atoms with Crippen molar-refractivity contribution < 1.29 is 9.53 Å². The second-order valence-electron chi connectivity index (χ2n) is 4.62. The quantitative estimate of drug-likeness (QED) is 0.848. The van der Waals surface area contributed by atoms with Crippen molar-refractivity contribution in [2.75, 3.05) is 7.11 Å². The highest BCUT2D eigenvalue weighted by Crippen LogP contribution is 2.16. The molecule has 1 unspecified atom stereocenters. The number of rotatable bonds is 5. The summed E-state index contributed by atoms with van der Waals surface area (Å²) in [6.45, 7) is 0. The van der Waals surface area contributed by atoms with E-state index in [1.54, 1.807) is 24.5 Å². The smallest absolute Gasteiger partial charge is 0.337 e. The first-order chi connectivity index (χ1) is 9.70. The molecule has 0 fully saturated rings. The number of hydrogen-bond donors (Lipinski definition) is 1. The molecule has 0 saturated carbocycles. The van der Waals surface area contributed by atoms with Gasteiger partial charge in [0.2, 0.25) is 0 Å². The van der Waals surface area contributed by atoms with Crippen LogP contribution in [0, 0.1) is 0 Å². The molecule has 0 aliphatic rings. The van der Waals surface area contributed by atoms with Gasteiger partial charge in [-0.05, 0) is 42.2 Å². The van der Waals surface area contributed by atoms with Crippen molar-refractivity contribution in [2.24, 2.45) is 5.73 Å². The van der Waals surface area contributed by atoms with Gasteiger partial charge in [-0.3, -0.25) is 4.98 Å². The van der Waals surface area contributed by atoms with Gasteiger partial charge in [0, 0.05) is 18.4 Å². The highest BCUT2D eigenvalue weighted by atomic mass is 16.5. The Labute approximate surface area is 118 Å². The molecule has 2 aromatic rings. The van der Waals surface area contributed by atoms with Gasteiger partial charge >= 0.3 is 5.97 Å². The summed E-state index contributed by atoms with van der Waals surface area (Å²) in [7, 11) is 1.38. The Hall–Kier alpha value is -2.20. The van der Waals surface area contributed by atoms with Crippen LogP contribution >= 0.6 is 0 Å². The minimum atomic E-state index is -0.316. The lowest BCUT2D eigenvalue weighted by Gasteiger charge is -2.11. The number of methoxy groups -OCH3 is 1. The maximum atomic E-state index is 11.3. The van der Waals surface area contributed by atoms with Crippen LogP contribution in [0.4, 0.5) is 0 Å². The number of esters is 1. The molecule has 4 nitrogen and oxygen atoms in total. The summed E-state index contributed by atoms with van der Waals surface area (Å²) in [4.78, 5) is 15.4. The topological polar surface area (TPSA) is 65.2 Å². The summed E-state index contributed by atoms with van der Waals surface area (Å²) in [6.07, 6.45) is 5.23. The van der Waals surface area contributed by atoms with Crippen LogP contribution in [-0.4, -0.2) is 18.1 Å². The summed E-state index contributed by atoms with van der Waals surface area (Å²) in [5.74, 6) is -0.316. The molecule has 0 aliphatic heterocycles. The molecule has 0 bridgehead atoms. The molecule has 104 valence electrons. The van der Waals surface area contributed by atoms with Gasteiger partial charge in [0.1, 0.15) is 0 Å². The maximum Gasteiger partial charge on any atom is 0.337 e. The van der Waals surface area contributed by atoms with Crippen LogP contribution in [0.25, 0.3) is 0 Å². The number of pyridine rings is 1. The average molecular weight is 270 g/mol. The van der Waals surface area contributed by atoms with Gasteiger partial charge < -0.3 is 10.5 Å². The molecule has 0 spiro atoms. The molecule has 2 N–H and O–H groups in total. The molecular formula is C16H18N2O2. The third-order valence-corrected chi connectivity index (χ3v) is 3.23. The lowest BCUT2D eigenvalue weighted by atomic mass is 10.0. The Kier molecular flexibility index (Phi) is 4.85. The fourth-order valence-corrected chi connectivity index (χ4v) is 2.01. The van der Waals surface area contributed by atoms with E-state index in [1.165, 1.54) is 7.11 Å². The number of carbonyl (C=O) groups is 1. The minimum Gasteiger partial charge on any atom is -0.465 e. The Morgan fingerprint density at radius 2 is 2.05 bits per heavy atom. The molecule has 0 saturated heterocycles. The normalized spacial score (nSPS) is 11.9. The standard InChI is InChI=1S/C16H18N2O2/c1-20-16(19)13-7-4-12(5-8-13)6-9-15(17)14-3-2-10-18-11-14/h2-5,7-8,10-11,15H,6,9,17H2,1H3. The third kappa shape index (κ3) is 3.65. The van der Waals surface area contributed by atoms with Crippen molar-refractivity contribution in [3.8, 4) is 0 Å². The first-order valence-electron chi connectivity index (χ1n) is 6.53. The van der Waals surface area contributed by atoms with Crippen LogP contribution in [0.1, 0.15) is 33.9 Å². The highest BCUT2D eigenvalue weighted by molar-refractivity contribution is 5.89. The number of nitrogens with zero attached hydrogens (tertiary/aromatic N) is 1. The van der Waals surface area contributed by atoms with Gasteiger partial charge in [0.25, 0.3) is 0 Å². The number of hydrogen-bond acceptors (Lipinski definition) is 4. The van der Waals surface area contributed by atoms with Crippen molar-refractivity contribution in [1.29, 1.82) is 0 Å². The van der Waals surface area contributed by atoms with Crippen LogP contribution in [0.3, 0.4) is 0 Å². The van der Waals surface area contributed by atoms with Crippen molar-refractivity contribution in [3.63, 3.8) is 0 Å². The molecular weight excluding hydrogens is 252 g/mol. The van der Waals surface area contributed by atoms with Crippen molar-refractivity contribution >= 4 is 5.97 Å². The lowest BCUT2D eigenvalue weighted by Crippen LogP contribution is -2.11. The third-order valence-electron chi connectivity index (χ3n) is 3.23. The fraction of sp³-hybridized carbons (Fsp3) is 0.250. The van der Waals surface area contributed by atoms with Crippen LogP contribution < -0.4 is 5.73 Å². The number of aromatic nitrogens is 1. The molecule has 0 amide bonds. The summed E-state index contributed by atoms with van der Waals surface area (Å²) in [5.41, 5.74) is 8.88. The van der Waals surface area contributed by atoms with Crippen LogP contribution in [0.2, 0.25) is 0 Å². The largest absolute Gasteiger partial charge is 0.465 e. The molecule has 1 heterocycles. The van der Waals surface area contributed by atoms with E-state index >= 15 is 0 Å². The summed E-state index contributed by atoms with van der Waals surface area (Å²) >= 11 is 0. The minimum absolute atomic E-state index is 0.0241. The van der Waals surface area contributed by atoms with Gasteiger partial charge in [-0.2, -0.15) is 0 Å². The summed E-state index contributed by atoms with van der Waals surface area (Å²) in [5, 5.41) is 0. The number of carbonyl (C=O) groups excluding carboxylic acids is 1. The first kappa shape index (κ1) is 14.2. The number of benzene rings is 1. The monoisotopic (exact) mass is 270 g/mol. The molecule has 4 heteroatoms. The summed E-state index contributed by atoms with van der Waals surface area (Å²) < 4.78 is 4.67. The molecule has 0 radical (unpaired) electrons. The van der Waals surface area contributed by atoms with Gasteiger partial charge in [-0.1, -0.05) is 18.2 Å². The Morgan fingerprint density at radius 3 is 2.65 bits per heavy atom. The van der Waals surface area contributed by atoms with E-state index in [9.17, 15) is 4.79 Å². The number of nitrogens with two attached hydrogens (primary N) is 1. The SMILES string of the molecule is COC(=O)c1ccc(CCC(N)c2cccnc2)cc1. The highest BCUT2D eigenvalue weighted by Gasteiger charge is 2.07. The predicted molar refractivity (Wildman–Crippen MR) is 77.3 cm³/mol. The van der Waals surface area contributed by atoms with E-state index in [1.807, 2.05) is 24.3 Å². The van der Waals surface area contributed by atoms with Gasteiger partial charge in [0.15, 0.2) is 0 Å². The second-order valence-corrected chi connectivity index (χ2v) is 4.62. The Balaban J connectivity index is 1.93. The van der Waals surface area contributed by atoms with E-state index in [0.717, 1.165) is 24.0 Å². The van der Waals surface area contributed by atoms with E-state index in [2.05, 4.69) is 9.72 Å². The molecule has 20 heavy (non-hydrogen) atoms. The maximum absolute atomic E-state index is 11.3. The molecule has 0 aliphatic carbocycles. The van der Waals surface area contributed by atoms with Crippen molar-refractivity contribution in [2.45, 2.75) is 18.9 Å². The van der Waals surface area contributed by atoms with Crippen LogP contribution in [0.5, 0.6) is 0 Å². The van der Waals surface area contributed by atoms with Gasteiger partial charge in [-0.25, -0.2) is 4.79 Å². The van der Waals surface area contributed by atoms with E-state index < -0.39 is 0 Å². The molecule has 1 aromatic carbocycles. The molecule has 1 aromatic heterocycles. The van der Waals surface area contributed by atoms with Gasteiger partial charge in [-0.15, -0.1) is 0 Å². The second kappa shape index (κ2) is 6.82. The summed E-state index contributed by atoms with van der Waals surface area (Å²) in [6, 6.07) is 11.3. The zero-order valence-electron chi connectivity index (χ0n) is 11.5. The van der Waals surface area contributed by atoms with Crippen LogP contribution in [-0.2, 0) is 11.2 Å². The van der Waals surface area contributed by atoms with Crippen molar-refractivity contribution in [3.05, 3.63) is 65.5 Å². The first-order valence-corrected chi connectivity index (χ1v) is 6.53. The Morgan fingerprint density at radius 1 is 1.30 bits per heavy atom. The fourth-order valence-electron chi connectivity index (χ4n) is 2.01. The lowest BCUT2D eigenvalue weighted by molar-refractivity contribution is 0.0600. The molecule has 2 rings (SSSR count). The van der Waals surface area contributed by atoms with Gasteiger partial charge in [0.05, 0.1) is 12.7 Å². The zero-order valence-corrected chi connectivity index (χ0v) is 11.5.